The fourth-order valence-corrected chi connectivity index (χ4v) is 2.21. The van der Waals surface area contributed by atoms with Crippen LogP contribution in [0.2, 0.25) is 0 Å². The summed E-state index contributed by atoms with van der Waals surface area (Å²) in [6, 6.07) is 14.4. The van der Waals surface area contributed by atoms with Crippen molar-refractivity contribution in [3.8, 4) is 0 Å². The van der Waals surface area contributed by atoms with Gasteiger partial charge in [0.05, 0.1) is 12.6 Å². The highest BCUT2D eigenvalue weighted by Crippen LogP contribution is 2.23. The number of hydrogen-bond acceptors (Lipinski definition) is 2. The first-order valence-electron chi connectivity index (χ1n) is 6.48. The highest BCUT2D eigenvalue weighted by Gasteiger charge is 2.11. The van der Waals surface area contributed by atoms with Gasteiger partial charge in [0, 0.05) is 13.5 Å². The maximum Gasteiger partial charge on any atom is 0.222 e. The van der Waals surface area contributed by atoms with Crippen molar-refractivity contribution in [2.75, 3.05) is 13.7 Å². The summed E-state index contributed by atoms with van der Waals surface area (Å²) in [7, 11) is 1.60. The molecule has 1 amide bonds. The molecule has 1 N–H and O–H groups in total. The molecule has 2 aromatic carbocycles. The standard InChI is InChI=1S/C16H19NO2/c1-12(17-16(18)10-11-19-2)14-9-5-7-13-6-3-4-8-15(13)14/h3-9,12H,10-11H2,1-2H3,(H,17,18). The van der Waals surface area contributed by atoms with E-state index in [9.17, 15) is 4.79 Å². The fourth-order valence-electron chi connectivity index (χ4n) is 2.21. The number of benzene rings is 2. The van der Waals surface area contributed by atoms with Crippen molar-refractivity contribution < 1.29 is 9.53 Å². The van der Waals surface area contributed by atoms with Crippen LogP contribution < -0.4 is 5.32 Å². The van der Waals surface area contributed by atoms with Crippen molar-refractivity contribution in [1.82, 2.24) is 5.32 Å². The lowest BCUT2D eigenvalue weighted by atomic mass is 9.99. The molecule has 1 unspecified atom stereocenters. The second kappa shape index (κ2) is 6.34. The van der Waals surface area contributed by atoms with Crippen LogP contribution in [0.15, 0.2) is 42.5 Å². The number of carbonyl (C=O) groups is 1. The number of carbonyl (C=O) groups excluding carboxylic acids is 1. The van der Waals surface area contributed by atoms with Gasteiger partial charge in [-0.05, 0) is 23.3 Å². The average Bonchev–Trinajstić information content (AvgIpc) is 2.44. The molecule has 2 rings (SSSR count). The average molecular weight is 257 g/mol. The highest BCUT2D eigenvalue weighted by molar-refractivity contribution is 5.86. The first-order valence-corrected chi connectivity index (χ1v) is 6.48. The summed E-state index contributed by atoms with van der Waals surface area (Å²) in [5, 5.41) is 5.38. The Kier molecular flexibility index (Phi) is 4.53. The zero-order valence-corrected chi connectivity index (χ0v) is 11.3. The van der Waals surface area contributed by atoms with Crippen molar-refractivity contribution in [3.05, 3.63) is 48.0 Å². The lowest BCUT2D eigenvalue weighted by Crippen LogP contribution is -2.27. The summed E-state index contributed by atoms with van der Waals surface area (Å²) in [6.07, 6.45) is 0.394. The van der Waals surface area contributed by atoms with Crippen molar-refractivity contribution >= 4 is 16.7 Å². The second-order valence-corrected chi connectivity index (χ2v) is 4.60. The topological polar surface area (TPSA) is 38.3 Å². The summed E-state index contributed by atoms with van der Waals surface area (Å²) < 4.78 is 4.91. The van der Waals surface area contributed by atoms with E-state index >= 15 is 0 Å². The maximum absolute atomic E-state index is 11.7. The van der Waals surface area contributed by atoms with Crippen LogP contribution in [0.25, 0.3) is 10.8 Å². The van der Waals surface area contributed by atoms with Gasteiger partial charge in [-0.2, -0.15) is 0 Å². The molecule has 0 radical (unpaired) electrons. The Hall–Kier alpha value is -1.87. The number of rotatable bonds is 5. The first kappa shape index (κ1) is 13.6. The SMILES string of the molecule is COCCC(=O)NC(C)c1cccc2ccccc12. The van der Waals surface area contributed by atoms with Gasteiger partial charge in [0.25, 0.3) is 0 Å². The van der Waals surface area contributed by atoms with Crippen molar-refractivity contribution in [1.29, 1.82) is 0 Å². The van der Waals surface area contributed by atoms with Crippen molar-refractivity contribution in [3.63, 3.8) is 0 Å². The predicted octanol–water partition coefficient (Wildman–Crippen LogP) is 3.05. The summed E-state index contributed by atoms with van der Waals surface area (Å²) in [5.74, 6) is 0.0160. The highest BCUT2D eigenvalue weighted by atomic mass is 16.5. The minimum atomic E-state index is -0.00421. The van der Waals surface area contributed by atoms with E-state index in [2.05, 4.69) is 29.6 Å². The third-order valence-corrected chi connectivity index (χ3v) is 3.20. The Labute approximate surface area is 113 Å². The number of amides is 1. The van der Waals surface area contributed by atoms with Gasteiger partial charge in [-0.25, -0.2) is 0 Å². The third kappa shape index (κ3) is 3.32. The summed E-state index contributed by atoms with van der Waals surface area (Å²) >= 11 is 0. The molecule has 100 valence electrons. The van der Waals surface area contributed by atoms with Crippen LogP contribution in [0, 0.1) is 0 Å². The number of ether oxygens (including phenoxy) is 1. The van der Waals surface area contributed by atoms with Crippen molar-refractivity contribution in [2.45, 2.75) is 19.4 Å². The Morgan fingerprint density at radius 2 is 1.95 bits per heavy atom. The normalized spacial score (nSPS) is 12.3. The predicted molar refractivity (Wildman–Crippen MR) is 77.0 cm³/mol. The van der Waals surface area contributed by atoms with Crippen LogP contribution >= 0.6 is 0 Å². The molecular weight excluding hydrogens is 238 g/mol. The Morgan fingerprint density at radius 1 is 1.21 bits per heavy atom. The van der Waals surface area contributed by atoms with Gasteiger partial charge < -0.3 is 10.1 Å². The number of methoxy groups -OCH3 is 1. The maximum atomic E-state index is 11.7. The van der Waals surface area contributed by atoms with Crippen LogP contribution in [0.4, 0.5) is 0 Å². The minimum absolute atomic E-state index is 0.00421. The molecule has 3 heteroatoms. The first-order chi connectivity index (χ1) is 9.22. The van der Waals surface area contributed by atoms with E-state index in [0.717, 1.165) is 5.56 Å². The quantitative estimate of drug-likeness (QED) is 0.894. The molecule has 0 bridgehead atoms. The summed E-state index contributed by atoms with van der Waals surface area (Å²) in [6.45, 7) is 2.46. The van der Waals surface area contributed by atoms with Crippen LogP contribution in [-0.4, -0.2) is 19.6 Å². The molecule has 0 saturated heterocycles. The number of nitrogens with one attached hydrogen (secondary N) is 1. The molecule has 3 nitrogen and oxygen atoms in total. The van der Waals surface area contributed by atoms with E-state index in [-0.39, 0.29) is 11.9 Å². The third-order valence-electron chi connectivity index (χ3n) is 3.20. The van der Waals surface area contributed by atoms with Gasteiger partial charge in [0.15, 0.2) is 0 Å². The Balaban J connectivity index is 2.17. The van der Waals surface area contributed by atoms with Gasteiger partial charge in [-0.3, -0.25) is 4.79 Å². The number of hydrogen-bond donors (Lipinski definition) is 1. The molecule has 0 aromatic heterocycles. The van der Waals surface area contributed by atoms with Crippen LogP contribution in [0.5, 0.6) is 0 Å². The molecule has 19 heavy (non-hydrogen) atoms. The monoisotopic (exact) mass is 257 g/mol. The van der Waals surface area contributed by atoms with E-state index in [4.69, 9.17) is 4.74 Å². The lowest BCUT2D eigenvalue weighted by Gasteiger charge is -2.16. The second-order valence-electron chi connectivity index (χ2n) is 4.60. The van der Waals surface area contributed by atoms with Crippen LogP contribution in [0.1, 0.15) is 24.9 Å². The Bertz CT molecular complexity index is 560. The van der Waals surface area contributed by atoms with Gasteiger partial charge in [-0.1, -0.05) is 42.5 Å². The molecule has 0 aliphatic rings. The zero-order valence-electron chi connectivity index (χ0n) is 11.3. The van der Waals surface area contributed by atoms with Gasteiger partial charge in [0.1, 0.15) is 0 Å². The molecule has 1 atom stereocenters. The summed E-state index contributed by atoms with van der Waals surface area (Å²) in [5.41, 5.74) is 1.14. The van der Waals surface area contributed by atoms with E-state index in [1.54, 1.807) is 7.11 Å². The largest absolute Gasteiger partial charge is 0.384 e. The number of fused-ring (bicyclic) bond motifs is 1. The fraction of sp³-hybridized carbons (Fsp3) is 0.312. The Morgan fingerprint density at radius 3 is 2.74 bits per heavy atom. The van der Waals surface area contributed by atoms with E-state index in [0.29, 0.717) is 13.0 Å². The minimum Gasteiger partial charge on any atom is -0.384 e. The van der Waals surface area contributed by atoms with E-state index in [1.165, 1.54) is 10.8 Å². The zero-order chi connectivity index (χ0) is 13.7. The van der Waals surface area contributed by atoms with E-state index in [1.807, 2.05) is 25.1 Å². The molecule has 0 saturated carbocycles. The molecule has 0 fully saturated rings. The van der Waals surface area contributed by atoms with Gasteiger partial charge >= 0.3 is 0 Å². The van der Waals surface area contributed by atoms with E-state index < -0.39 is 0 Å². The molecule has 0 aliphatic heterocycles. The molecule has 2 aromatic rings. The van der Waals surface area contributed by atoms with Gasteiger partial charge in [-0.15, -0.1) is 0 Å². The van der Waals surface area contributed by atoms with Crippen LogP contribution in [-0.2, 0) is 9.53 Å². The summed E-state index contributed by atoms with van der Waals surface area (Å²) in [4.78, 5) is 11.7. The van der Waals surface area contributed by atoms with Crippen molar-refractivity contribution in [2.24, 2.45) is 0 Å². The molecule has 0 spiro atoms. The molecule has 0 heterocycles. The smallest absolute Gasteiger partial charge is 0.222 e. The molecule has 0 aliphatic carbocycles. The molecular formula is C16H19NO2. The lowest BCUT2D eigenvalue weighted by molar-refractivity contribution is -0.122. The van der Waals surface area contributed by atoms with Crippen LogP contribution in [0.3, 0.4) is 0 Å². The van der Waals surface area contributed by atoms with Gasteiger partial charge in [0.2, 0.25) is 5.91 Å².